The van der Waals surface area contributed by atoms with E-state index in [1.54, 1.807) is 30.1 Å². The molecule has 0 N–H and O–H groups in total. The molecule has 5 amide bonds. The molecule has 1 aromatic carbocycles. The van der Waals surface area contributed by atoms with E-state index in [0.29, 0.717) is 13.1 Å². The third-order valence-electron chi connectivity index (χ3n) is 5.33. The molecule has 4 rings (SSSR count). The van der Waals surface area contributed by atoms with Crippen molar-refractivity contribution < 1.29 is 19.2 Å². The fourth-order valence-electron chi connectivity index (χ4n) is 3.82. The zero-order chi connectivity index (χ0) is 20.7. The Morgan fingerprint density at radius 2 is 1.97 bits per heavy atom. The number of carbonyl (C=O) groups is 4. The van der Waals surface area contributed by atoms with E-state index in [0.717, 1.165) is 37.9 Å². The van der Waals surface area contributed by atoms with Crippen LogP contribution in [0.25, 0.3) is 10.2 Å². The third kappa shape index (κ3) is 3.50. The molecule has 1 aromatic heterocycles. The van der Waals surface area contributed by atoms with Crippen molar-refractivity contribution in [3.63, 3.8) is 0 Å². The normalized spacial score (nSPS) is 20.4. The molecule has 2 aliphatic rings. The molecule has 0 saturated carbocycles. The van der Waals surface area contributed by atoms with Crippen molar-refractivity contribution in [1.29, 1.82) is 0 Å². The van der Waals surface area contributed by atoms with Crippen LogP contribution in [0.1, 0.15) is 37.6 Å². The van der Waals surface area contributed by atoms with Crippen molar-refractivity contribution in [1.82, 2.24) is 19.7 Å². The van der Waals surface area contributed by atoms with Gasteiger partial charge in [0.25, 0.3) is 0 Å². The summed E-state index contributed by atoms with van der Waals surface area (Å²) in [6.45, 7) is 3.97. The van der Waals surface area contributed by atoms with E-state index in [1.165, 1.54) is 0 Å². The third-order valence-corrected chi connectivity index (χ3v) is 6.53. The molecule has 2 aromatic rings. The van der Waals surface area contributed by atoms with Crippen LogP contribution in [-0.2, 0) is 14.4 Å². The van der Waals surface area contributed by atoms with Crippen molar-refractivity contribution in [2.75, 3.05) is 19.6 Å². The summed E-state index contributed by atoms with van der Waals surface area (Å²) >= 11 is 1.64. The summed E-state index contributed by atoms with van der Waals surface area (Å²) in [4.78, 5) is 57.4. The topological polar surface area (TPSA) is 90.9 Å². The fourth-order valence-corrected chi connectivity index (χ4v) is 4.92. The van der Waals surface area contributed by atoms with Crippen LogP contribution in [0.4, 0.5) is 4.79 Å². The van der Waals surface area contributed by atoms with Gasteiger partial charge in [-0.15, -0.1) is 11.3 Å². The van der Waals surface area contributed by atoms with Gasteiger partial charge in [-0.2, -0.15) is 0 Å². The second-order valence-corrected chi connectivity index (χ2v) is 8.70. The molecule has 9 heteroatoms. The molecule has 0 radical (unpaired) electrons. The molecule has 29 heavy (non-hydrogen) atoms. The monoisotopic (exact) mass is 414 g/mol. The number of fused-ring (bicyclic) bond motifs is 1. The lowest BCUT2D eigenvalue weighted by Gasteiger charge is -2.32. The van der Waals surface area contributed by atoms with Crippen LogP contribution in [0.15, 0.2) is 24.3 Å². The number of hydrogen-bond acceptors (Lipinski definition) is 6. The fraction of sp³-hybridized carbons (Fsp3) is 0.450. The first-order valence-electron chi connectivity index (χ1n) is 9.69. The van der Waals surface area contributed by atoms with Gasteiger partial charge < -0.3 is 4.90 Å². The Labute approximate surface area is 172 Å². The van der Waals surface area contributed by atoms with Crippen LogP contribution in [-0.4, -0.2) is 69.1 Å². The summed E-state index contributed by atoms with van der Waals surface area (Å²) < 4.78 is 1.12. The van der Waals surface area contributed by atoms with Gasteiger partial charge in [-0.25, -0.2) is 14.7 Å². The van der Waals surface area contributed by atoms with Gasteiger partial charge in [-0.3, -0.25) is 19.3 Å². The number of carbonyl (C=O) groups excluding carboxylic acids is 4. The molecule has 0 unspecified atom stereocenters. The lowest BCUT2D eigenvalue weighted by Crippen LogP contribution is -2.46. The number of likely N-dealkylation sites (tertiary alicyclic amines) is 1. The SMILES string of the molecule is CC(C)N1C(=O)C(=O)N(CC(=O)N2CCC[C@H](c3nc4ccccc4s3)C2)C1=O. The molecule has 2 aliphatic heterocycles. The quantitative estimate of drug-likeness (QED) is 0.565. The van der Waals surface area contributed by atoms with Gasteiger partial charge in [0, 0.05) is 25.0 Å². The maximum Gasteiger partial charge on any atom is 0.334 e. The second-order valence-electron chi connectivity index (χ2n) is 7.64. The molecule has 3 heterocycles. The zero-order valence-corrected chi connectivity index (χ0v) is 17.1. The van der Waals surface area contributed by atoms with E-state index in [1.807, 2.05) is 24.3 Å². The minimum Gasteiger partial charge on any atom is -0.340 e. The summed E-state index contributed by atoms with van der Waals surface area (Å²) in [5, 5.41) is 0.998. The first kappa shape index (κ1) is 19.5. The van der Waals surface area contributed by atoms with Gasteiger partial charge in [0.05, 0.1) is 15.2 Å². The van der Waals surface area contributed by atoms with Gasteiger partial charge in [0.15, 0.2) is 0 Å². The van der Waals surface area contributed by atoms with E-state index in [4.69, 9.17) is 4.98 Å². The van der Waals surface area contributed by atoms with Crippen LogP contribution < -0.4 is 0 Å². The molecular weight excluding hydrogens is 392 g/mol. The maximum atomic E-state index is 12.8. The number of aromatic nitrogens is 1. The summed E-state index contributed by atoms with van der Waals surface area (Å²) in [7, 11) is 0. The highest BCUT2D eigenvalue weighted by molar-refractivity contribution is 7.18. The largest absolute Gasteiger partial charge is 0.340 e. The van der Waals surface area contributed by atoms with Crippen LogP contribution in [0, 0.1) is 0 Å². The van der Waals surface area contributed by atoms with Gasteiger partial charge in [-0.1, -0.05) is 12.1 Å². The first-order chi connectivity index (χ1) is 13.9. The number of urea groups is 1. The average Bonchev–Trinajstić information content (AvgIpc) is 3.23. The van der Waals surface area contributed by atoms with E-state index >= 15 is 0 Å². The van der Waals surface area contributed by atoms with Gasteiger partial charge >= 0.3 is 17.8 Å². The maximum absolute atomic E-state index is 12.8. The van der Waals surface area contributed by atoms with Gasteiger partial charge in [0.1, 0.15) is 6.54 Å². The highest BCUT2D eigenvalue weighted by Gasteiger charge is 2.46. The van der Waals surface area contributed by atoms with Crippen LogP contribution in [0.3, 0.4) is 0 Å². The number of nitrogens with zero attached hydrogens (tertiary/aromatic N) is 4. The minimum absolute atomic E-state index is 0.129. The number of rotatable bonds is 4. The Morgan fingerprint density at radius 1 is 1.21 bits per heavy atom. The summed E-state index contributed by atoms with van der Waals surface area (Å²) in [5.74, 6) is -2.00. The van der Waals surface area contributed by atoms with Gasteiger partial charge in [0.2, 0.25) is 5.91 Å². The summed E-state index contributed by atoms with van der Waals surface area (Å²) in [6.07, 6.45) is 1.76. The van der Waals surface area contributed by atoms with Crippen molar-refractivity contribution >= 4 is 45.3 Å². The van der Waals surface area contributed by atoms with E-state index < -0.39 is 30.4 Å². The number of amides is 5. The molecule has 0 spiro atoms. The predicted octanol–water partition coefficient (Wildman–Crippen LogP) is 2.20. The first-order valence-corrected chi connectivity index (χ1v) is 10.5. The molecule has 2 fully saturated rings. The van der Waals surface area contributed by atoms with Gasteiger partial charge in [-0.05, 0) is 38.8 Å². The van der Waals surface area contributed by atoms with E-state index in [-0.39, 0.29) is 11.8 Å². The van der Waals surface area contributed by atoms with Crippen LogP contribution in [0.2, 0.25) is 0 Å². The molecule has 1 atom stereocenters. The molecule has 0 bridgehead atoms. The Balaban J connectivity index is 1.46. The van der Waals surface area contributed by atoms with E-state index in [9.17, 15) is 19.2 Å². The Kier molecular flexibility index (Phi) is 5.08. The highest BCUT2D eigenvalue weighted by atomic mass is 32.1. The van der Waals surface area contributed by atoms with Crippen molar-refractivity contribution in [2.45, 2.75) is 38.6 Å². The smallest absolute Gasteiger partial charge is 0.334 e. The number of imide groups is 2. The molecule has 152 valence electrons. The lowest BCUT2D eigenvalue weighted by atomic mass is 9.98. The highest BCUT2D eigenvalue weighted by Crippen LogP contribution is 2.33. The Hall–Kier alpha value is -2.81. The molecular formula is C20H22N4O4S. The minimum atomic E-state index is -0.934. The van der Waals surface area contributed by atoms with E-state index in [2.05, 4.69) is 0 Å². The zero-order valence-electron chi connectivity index (χ0n) is 16.3. The second kappa shape index (κ2) is 7.55. The lowest BCUT2D eigenvalue weighted by molar-refractivity contribution is -0.145. The number of thiazole rings is 1. The van der Waals surface area contributed by atoms with Crippen LogP contribution in [0.5, 0.6) is 0 Å². The standard InChI is InChI=1S/C20H22N4O4S/c1-12(2)24-19(27)18(26)23(20(24)28)11-16(25)22-9-5-6-13(10-22)17-21-14-7-3-4-8-15(14)29-17/h3-4,7-8,12-13H,5-6,9-11H2,1-2H3/t13-/m0/s1. The van der Waals surface area contributed by atoms with Crippen LogP contribution >= 0.6 is 11.3 Å². The number of benzene rings is 1. The van der Waals surface area contributed by atoms with Crippen molar-refractivity contribution in [3.8, 4) is 0 Å². The predicted molar refractivity (Wildman–Crippen MR) is 107 cm³/mol. The molecule has 0 aliphatic carbocycles. The summed E-state index contributed by atoms with van der Waals surface area (Å²) in [6, 6.07) is 6.79. The van der Waals surface area contributed by atoms with Crippen molar-refractivity contribution in [3.05, 3.63) is 29.3 Å². The number of piperidine rings is 1. The Bertz CT molecular complexity index is 968. The number of para-hydroxylation sites is 1. The Morgan fingerprint density at radius 3 is 2.66 bits per heavy atom. The number of hydrogen-bond donors (Lipinski definition) is 0. The summed E-state index contributed by atoms with van der Waals surface area (Å²) in [5.41, 5.74) is 0.955. The molecule has 8 nitrogen and oxygen atoms in total. The van der Waals surface area contributed by atoms with Crippen molar-refractivity contribution in [2.24, 2.45) is 0 Å². The molecule has 2 saturated heterocycles. The average molecular weight is 414 g/mol.